The van der Waals surface area contributed by atoms with E-state index < -0.39 is 29.5 Å². The Morgan fingerprint density at radius 2 is 1.81 bits per heavy atom. The molecule has 1 amide bonds. The maximum Gasteiger partial charge on any atom is 0.408 e. The highest BCUT2D eigenvalue weighted by molar-refractivity contribution is 5.93. The van der Waals surface area contributed by atoms with Gasteiger partial charge in [-0.05, 0) is 44.0 Å². The summed E-state index contributed by atoms with van der Waals surface area (Å²) in [6.07, 6.45) is -0.863. The Kier molecular flexibility index (Phi) is 5.07. The van der Waals surface area contributed by atoms with Crippen LogP contribution in [0.25, 0.3) is 5.57 Å². The molecule has 0 aliphatic rings. The van der Waals surface area contributed by atoms with Crippen LogP contribution in [0.3, 0.4) is 0 Å². The van der Waals surface area contributed by atoms with Crippen molar-refractivity contribution in [3.05, 3.63) is 42.2 Å². The van der Waals surface area contributed by atoms with Crippen molar-refractivity contribution in [2.75, 3.05) is 0 Å². The molecule has 0 radical (unpaired) electrons. The number of nitrogens with one attached hydrogen (secondary N) is 1. The quantitative estimate of drug-likeness (QED) is 0.895. The molecule has 21 heavy (non-hydrogen) atoms. The van der Waals surface area contributed by atoms with Crippen LogP contribution >= 0.6 is 0 Å². The van der Waals surface area contributed by atoms with Gasteiger partial charge < -0.3 is 15.2 Å². The minimum atomic E-state index is -1.36. The van der Waals surface area contributed by atoms with E-state index in [1.54, 1.807) is 20.8 Å². The first-order valence-electron chi connectivity index (χ1n) is 6.27. The van der Waals surface area contributed by atoms with Crippen LogP contribution in [0.2, 0.25) is 0 Å². The van der Waals surface area contributed by atoms with E-state index in [1.165, 1.54) is 24.3 Å². The summed E-state index contributed by atoms with van der Waals surface area (Å²) in [6.45, 7) is 8.64. The molecule has 0 aromatic heterocycles. The number of aliphatic carboxylic acids is 1. The maximum atomic E-state index is 12.9. The largest absolute Gasteiger partial charge is 0.479 e. The molecule has 1 aromatic carbocycles. The minimum Gasteiger partial charge on any atom is -0.479 e. The molecule has 5 nitrogen and oxygen atoms in total. The summed E-state index contributed by atoms with van der Waals surface area (Å²) in [6, 6.07) is 3.81. The van der Waals surface area contributed by atoms with E-state index in [2.05, 4.69) is 11.9 Å². The first kappa shape index (κ1) is 16.7. The van der Waals surface area contributed by atoms with Gasteiger partial charge in [0.2, 0.25) is 0 Å². The molecule has 114 valence electrons. The monoisotopic (exact) mass is 295 g/mol. The number of amides is 1. The van der Waals surface area contributed by atoms with Gasteiger partial charge in [-0.1, -0.05) is 18.7 Å². The summed E-state index contributed by atoms with van der Waals surface area (Å²) in [5.41, 5.74) is -0.196. The highest BCUT2D eigenvalue weighted by Gasteiger charge is 2.26. The molecular weight excluding hydrogens is 277 g/mol. The Hall–Kier alpha value is -2.37. The molecule has 1 rings (SSSR count). The van der Waals surface area contributed by atoms with Gasteiger partial charge in [0.15, 0.2) is 6.04 Å². The normalized spacial score (nSPS) is 12.4. The molecule has 2 N–H and O–H groups in total. The van der Waals surface area contributed by atoms with Gasteiger partial charge in [-0.2, -0.15) is 0 Å². The van der Waals surface area contributed by atoms with Crippen molar-refractivity contribution in [1.82, 2.24) is 5.32 Å². The number of hydrogen-bond acceptors (Lipinski definition) is 3. The van der Waals surface area contributed by atoms with E-state index in [-0.39, 0.29) is 5.57 Å². The maximum absolute atomic E-state index is 12.9. The Morgan fingerprint density at radius 3 is 2.24 bits per heavy atom. The summed E-state index contributed by atoms with van der Waals surface area (Å²) in [5, 5.41) is 11.4. The number of carboxylic acids is 1. The molecule has 0 heterocycles. The molecule has 0 aliphatic heterocycles. The fourth-order valence-electron chi connectivity index (χ4n) is 1.55. The number of carbonyl (C=O) groups excluding carboxylic acids is 1. The van der Waals surface area contributed by atoms with E-state index in [0.29, 0.717) is 5.56 Å². The topological polar surface area (TPSA) is 75.6 Å². The zero-order valence-electron chi connectivity index (χ0n) is 12.1. The number of carbonyl (C=O) groups is 2. The molecule has 0 bridgehead atoms. The number of carboxylic acid groups (broad SMARTS) is 1. The van der Waals surface area contributed by atoms with Crippen LogP contribution in [-0.4, -0.2) is 28.8 Å². The van der Waals surface area contributed by atoms with Gasteiger partial charge >= 0.3 is 12.1 Å². The third kappa shape index (κ3) is 5.25. The van der Waals surface area contributed by atoms with Crippen molar-refractivity contribution in [2.24, 2.45) is 0 Å². The van der Waals surface area contributed by atoms with Crippen LogP contribution in [0.1, 0.15) is 26.3 Å². The Morgan fingerprint density at radius 1 is 1.29 bits per heavy atom. The summed E-state index contributed by atoms with van der Waals surface area (Å²) < 4.78 is 17.9. The van der Waals surface area contributed by atoms with Crippen molar-refractivity contribution in [1.29, 1.82) is 0 Å². The van der Waals surface area contributed by atoms with Gasteiger partial charge in [-0.15, -0.1) is 0 Å². The van der Waals surface area contributed by atoms with Crippen LogP contribution in [0, 0.1) is 5.82 Å². The molecule has 6 heteroatoms. The molecule has 0 aliphatic carbocycles. The molecule has 0 saturated heterocycles. The highest BCUT2D eigenvalue weighted by Crippen LogP contribution is 2.18. The van der Waals surface area contributed by atoms with Crippen LogP contribution in [-0.2, 0) is 9.53 Å². The van der Waals surface area contributed by atoms with Gasteiger partial charge in [0.1, 0.15) is 11.4 Å². The third-order valence-corrected chi connectivity index (χ3v) is 2.47. The van der Waals surface area contributed by atoms with Gasteiger partial charge in [0, 0.05) is 0 Å². The van der Waals surface area contributed by atoms with Crippen LogP contribution < -0.4 is 5.32 Å². The molecule has 0 unspecified atom stereocenters. The lowest BCUT2D eigenvalue weighted by Crippen LogP contribution is -2.43. The zero-order valence-corrected chi connectivity index (χ0v) is 12.1. The third-order valence-electron chi connectivity index (χ3n) is 2.47. The first-order valence-corrected chi connectivity index (χ1v) is 6.27. The van der Waals surface area contributed by atoms with E-state index in [0.717, 1.165) is 0 Å². The van der Waals surface area contributed by atoms with Crippen molar-refractivity contribution < 1.29 is 23.8 Å². The van der Waals surface area contributed by atoms with Gasteiger partial charge in [0.05, 0.1) is 0 Å². The summed E-state index contributed by atoms with van der Waals surface area (Å²) >= 11 is 0. The highest BCUT2D eigenvalue weighted by atomic mass is 19.1. The Balaban J connectivity index is 2.87. The molecule has 1 aromatic rings. The minimum absolute atomic E-state index is 0.133. The van der Waals surface area contributed by atoms with Crippen molar-refractivity contribution in [3.63, 3.8) is 0 Å². The number of halogens is 1. The summed E-state index contributed by atoms with van der Waals surface area (Å²) in [7, 11) is 0. The standard InChI is InChI=1S/C15H18FNO4/c1-9(10-5-7-11(16)8-6-10)12(13(18)19)17-14(20)21-15(2,3)4/h5-8,12H,1H2,2-4H3,(H,17,20)(H,18,19)/t12-/m0/s1. The fraction of sp³-hybridized carbons (Fsp3) is 0.333. The molecule has 1 atom stereocenters. The first-order chi connectivity index (χ1) is 9.60. The number of ether oxygens (including phenoxy) is 1. The lowest BCUT2D eigenvalue weighted by atomic mass is 10.0. The van der Waals surface area contributed by atoms with Crippen molar-refractivity contribution >= 4 is 17.6 Å². The smallest absolute Gasteiger partial charge is 0.408 e. The van der Waals surface area contributed by atoms with Crippen molar-refractivity contribution in [2.45, 2.75) is 32.4 Å². The van der Waals surface area contributed by atoms with E-state index >= 15 is 0 Å². The lowest BCUT2D eigenvalue weighted by molar-refractivity contribution is -0.137. The van der Waals surface area contributed by atoms with Gasteiger partial charge in [-0.3, -0.25) is 0 Å². The van der Waals surface area contributed by atoms with Crippen molar-refractivity contribution in [3.8, 4) is 0 Å². The summed E-state index contributed by atoms with van der Waals surface area (Å²) in [5.74, 6) is -1.73. The summed E-state index contributed by atoms with van der Waals surface area (Å²) in [4.78, 5) is 22.9. The number of hydrogen-bond donors (Lipinski definition) is 2. The van der Waals surface area contributed by atoms with Gasteiger partial charge in [-0.25, -0.2) is 14.0 Å². The van der Waals surface area contributed by atoms with E-state index in [4.69, 9.17) is 4.74 Å². The number of rotatable bonds is 4. The average Bonchev–Trinajstić information content (AvgIpc) is 2.33. The van der Waals surface area contributed by atoms with E-state index in [1.807, 2.05) is 0 Å². The molecule has 0 fully saturated rings. The molecular formula is C15H18FNO4. The van der Waals surface area contributed by atoms with E-state index in [9.17, 15) is 19.1 Å². The predicted molar refractivity (Wildman–Crippen MR) is 76.2 cm³/mol. The van der Waals surface area contributed by atoms with Crippen LogP contribution in [0.5, 0.6) is 0 Å². The second kappa shape index (κ2) is 6.39. The van der Waals surface area contributed by atoms with Crippen LogP contribution in [0.4, 0.5) is 9.18 Å². The average molecular weight is 295 g/mol. The second-order valence-electron chi connectivity index (χ2n) is 5.45. The lowest BCUT2D eigenvalue weighted by Gasteiger charge is -2.23. The fourth-order valence-corrected chi connectivity index (χ4v) is 1.55. The molecule has 0 saturated carbocycles. The predicted octanol–water partition coefficient (Wildman–Crippen LogP) is 2.82. The van der Waals surface area contributed by atoms with Gasteiger partial charge in [0.25, 0.3) is 0 Å². The molecule has 0 spiro atoms. The zero-order chi connectivity index (χ0) is 16.2. The SMILES string of the molecule is C=C(c1ccc(F)cc1)[C@H](NC(=O)OC(C)(C)C)C(=O)O. The Labute approximate surface area is 122 Å². The Bertz CT molecular complexity index is 546. The second-order valence-corrected chi connectivity index (χ2v) is 5.45. The number of alkyl carbamates (subject to hydrolysis) is 1. The van der Waals surface area contributed by atoms with Crippen LogP contribution in [0.15, 0.2) is 30.8 Å². The number of benzene rings is 1.